The Morgan fingerprint density at radius 3 is 2.40 bits per heavy atom. The van der Waals surface area contributed by atoms with E-state index in [1.165, 1.54) is 30.3 Å². The van der Waals surface area contributed by atoms with Gasteiger partial charge in [0.1, 0.15) is 12.2 Å². The van der Waals surface area contributed by atoms with Gasteiger partial charge in [0.25, 0.3) is 0 Å². The van der Waals surface area contributed by atoms with Crippen LogP contribution < -0.4 is 4.72 Å². The number of rotatable bonds is 9. The molecular weight excluding hydrogens is 468 g/mol. The summed E-state index contributed by atoms with van der Waals surface area (Å²) in [5, 5.41) is 13.3. The number of para-hydroxylation sites is 1. The van der Waals surface area contributed by atoms with E-state index in [2.05, 4.69) is 10.1 Å². The van der Waals surface area contributed by atoms with Crippen molar-refractivity contribution >= 4 is 27.9 Å². The molecule has 4 aromatic rings. The Balaban J connectivity index is 1.59. The largest absolute Gasteiger partial charge is 0.480 e. The molecule has 0 radical (unpaired) electrons. The minimum absolute atomic E-state index is 0.137. The predicted octanol–water partition coefficient (Wildman–Crippen LogP) is 3.19. The van der Waals surface area contributed by atoms with Crippen molar-refractivity contribution in [2.24, 2.45) is 0 Å². The van der Waals surface area contributed by atoms with E-state index in [1.807, 2.05) is 47.3 Å². The number of nitrogens with one attached hydrogen (secondary N) is 1. The Labute approximate surface area is 201 Å². The van der Waals surface area contributed by atoms with E-state index in [0.717, 1.165) is 11.3 Å². The number of carbonyl (C=O) groups excluding carboxylic acids is 1. The van der Waals surface area contributed by atoms with Gasteiger partial charge in [-0.2, -0.15) is 9.82 Å². The molecule has 0 saturated heterocycles. The van der Waals surface area contributed by atoms with E-state index < -0.39 is 22.5 Å². The van der Waals surface area contributed by atoms with Gasteiger partial charge in [0.15, 0.2) is 5.78 Å². The van der Waals surface area contributed by atoms with Crippen LogP contribution in [-0.2, 0) is 14.8 Å². The number of pyridine rings is 1. The molecule has 0 saturated carbocycles. The number of carbonyl (C=O) groups is 2. The lowest BCUT2D eigenvalue weighted by Gasteiger charge is -2.05. The SMILES string of the molecule is O=C(O)CNS(=O)(=O)c1ccc(C(=O)/C=C/c2cn(-c3ccccc3)nc2-c2cccnc2)cc1. The first-order chi connectivity index (χ1) is 16.8. The molecule has 9 nitrogen and oxygen atoms in total. The van der Waals surface area contributed by atoms with E-state index in [1.54, 1.807) is 29.2 Å². The lowest BCUT2D eigenvalue weighted by molar-refractivity contribution is -0.135. The molecule has 10 heteroatoms. The molecule has 176 valence electrons. The van der Waals surface area contributed by atoms with Crippen LogP contribution in [0, 0.1) is 0 Å². The molecule has 0 amide bonds. The minimum Gasteiger partial charge on any atom is -0.480 e. The molecule has 0 fully saturated rings. The number of hydrogen-bond donors (Lipinski definition) is 2. The van der Waals surface area contributed by atoms with Crippen LogP contribution >= 0.6 is 0 Å². The summed E-state index contributed by atoms with van der Waals surface area (Å²) in [6, 6.07) is 18.5. The van der Waals surface area contributed by atoms with Crippen LogP contribution in [0.25, 0.3) is 23.0 Å². The third kappa shape index (κ3) is 5.75. The van der Waals surface area contributed by atoms with Gasteiger partial charge in [-0.3, -0.25) is 14.6 Å². The highest BCUT2D eigenvalue weighted by atomic mass is 32.2. The molecule has 4 rings (SSSR count). The van der Waals surface area contributed by atoms with Gasteiger partial charge >= 0.3 is 5.97 Å². The van der Waals surface area contributed by atoms with Gasteiger partial charge in [0, 0.05) is 35.3 Å². The van der Waals surface area contributed by atoms with Gasteiger partial charge < -0.3 is 5.11 Å². The van der Waals surface area contributed by atoms with E-state index in [-0.39, 0.29) is 16.2 Å². The topological polar surface area (TPSA) is 131 Å². The van der Waals surface area contributed by atoms with Crippen molar-refractivity contribution < 1.29 is 23.1 Å². The normalized spacial score (nSPS) is 11.5. The first kappa shape index (κ1) is 23.7. The minimum atomic E-state index is -3.99. The van der Waals surface area contributed by atoms with Crippen molar-refractivity contribution in [3.05, 3.63) is 103 Å². The number of aliphatic carboxylic acids is 1. The fourth-order valence-electron chi connectivity index (χ4n) is 3.25. The molecule has 2 aromatic heterocycles. The third-order valence-electron chi connectivity index (χ3n) is 4.98. The molecule has 35 heavy (non-hydrogen) atoms. The maximum Gasteiger partial charge on any atom is 0.318 e. The highest BCUT2D eigenvalue weighted by Crippen LogP contribution is 2.24. The number of carboxylic acids is 1. The van der Waals surface area contributed by atoms with E-state index >= 15 is 0 Å². The van der Waals surface area contributed by atoms with Gasteiger partial charge in [0.05, 0.1) is 10.6 Å². The van der Waals surface area contributed by atoms with Crippen LogP contribution in [0.5, 0.6) is 0 Å². The Hall–Kier alpha value is -4.41. The summed E-state index contributed by atoms with van der Waals surface area (Å²) < 4.78 is 28.0. The zero-order valence-electron chi connectivity index (χ0n) is 18.3. The summed E-state index contributed by atoms with van der Waals surface area (Å²) in [4.78, 5) is 27.4. The molecule has 0 bridgehead atoms. The second-order valence-corrected chi connectivity index (χ2v) is 9.16. The van der Waals surface area contributed by atoms with E-state index in [4.69, 9.17) is 5.11 Å². The van der Waals surface area contributed by atoms with Crippen LogP contribution in [0.1, 0.15) is 15.9 Å². The highest BCUT2D eigenvalue weighted by Gasteiger charge is 2.16. The number of carboxylic acid groups (broad SMARTS) is 1. The van der Waals surface area contributed by atoms with Crippen molar-refractivity contribution in [1.29, 1.82) is 0 Å². The van der Waals surface area contributed by atoms with Gasteiger partial charge in [-0.15, -0.1) is 0 Å². The Bertz CT molecular complexity index is 1480. The van der Waals surface area contributed by atoms with Gasteiger partial charge in [-0.25, -0.2) is 13.1 Å². The summed E-state index contributed by atoms with van der Waals surface area (Å²) in [6.45, 7) is -0.734. The quantitative estimate of drug-likeness (QED) is 0.273. The molecule has 0 unspecified atom stereocenters. The number of benzene rings is 2. The van der Waals surface area contributed by atoms with Crippen LogP contribution in [-0.4, -0.2) is 46.6 Å². The standard InChI is InChI=1S/C25H20N4O5S/c30-23(18-8-11-22(12-9-18)35(33,34)27-16-24(31)32)13-10-20-17-29(21-6-2-1-3-7-21)28-25(20)19-5-4-14-26-15-19/h1-15,17,27H,16H2,(H,31,32)/b13-10+. The highest BCUT2D eigenvalue weighted by molar-refractivity contribution is 7.89. The first-order valence-electron chi connectivity index (χ1n) is 10.4. The van der Waals surface area contributed by atoms with E-state index in [9.17, 15) is 18.0 Å². The van der Waals surface area contributed by atoms with Crippen molar-refractivity contribution in [1.82, 2.24) is 19.5 Å². The second kappa shape index (κ2) is 10.2. The van der Waals surface area contributed by atoms with Crippen molar-refractivity contribution in [3.63, 3.8) is 0 Å². The smallest absolute Gasteiger partial charge is 0.318 e. The molecule has 0 aliphatic heterocycles. The predicted molar refractivity (Wildman–Crippen MR) is 129 cm³/mol. The van der Waals surface area contributed by atoms with Gasteiger partial charge in [-0.05, 0) is 60.7 Å². The molecule has 2 N–H and O–H groups in total. The maximum atomic E-state index is 12.7. The van der Waals surface area contributed by atoms with Crippen molar-refractivity contribution in [2.75, 3.05) is 6.54 Å². The number of allylic oxidation sites excluding steroid dienone is 1. The first-order valence-corrected chi connectivity index (χ1v) is 11.9. The lowest BCUT2D eigenvalue weighted by Crippen LogP contribution is -2.29. The lowest BCUT2D eigenvalue weighted by atomic mass is 10.1. The molecule has 2 heterocycles. The number of aromatic nitrogens is 3. The molecular formula is C25H20N4O5S. The monoisotopic (exact) mass is 488 g/mol. The molecule has 0 aliphatic carbocycles. The Kier molecular flexibility index (Phi) is 6.95. The Morgan fingerprint density at radius 1 is 1.00 bits per heavy atom. The summed E-state index contributed by atoms with van der Waals surface area (Å²) >= 11 is 0. The molecule has 2 aromatic carbocycles. The average Bonchev–Trinajstić information content (AvgIpc) is 3.31. The fraction of sp³-hybridized carbons (Fsp3) is 0.0400. The van der Waals surface area contributed by atoms with Crippen LogP contribution in [0.2, 0.25) is 0 Å². The summed E-state index contributed by atoms with van der Waals surface area (Å²) in [5.74, 6) is -1.64. The van der Waals surface area contributed by atoms with Gasteiger partial charge in [-0.1, -0.05) is 18.2 Å². The molecule has 0 atom stereocenters. The van der Waals surface area contributed by atoms with Crippen LogP contribution in [0.15, 0.2) is 96.3 Å². The Morgan fingerprint density at radius 2 is 1.74 bits per heavy atom. The zero-order valence-corrected chi connectivity index (χ0v) is 19.1. The van der Waals surface area contributed by atoms with Gasteiger partial charge in [0.2, 0.25) is 10.0 Å². The molecule has 0 spiro atoms. The second-order valence-electron chi connectivity index (χ2n) is 7.40. The third-order valence-corrected chi connectivity index (χ3v) is 6.39. The number of ketones is 1. The summed E-state index contributed by atoms with van der Waals surface area (Å²) in [6.07, 6.45) is 8.20. The molecule has 0 aliphatic rings. The van der Waals surface area contributed by atoms with Crippen LogP contribution in [0.3, 0.4) is 0 Å². The average molecular weight is 489 g/mol. The van der Waals surface area contributed by atoms with Crippen molar-refractivity contribution in [2.45, 2.75) is 4.90 Å². The van der Waals surface area contributed by atoms with Crippen molar-refractivity contribution in [3.8, 4) is 16.9 Å². The summed E-state index contributed by atoms with van der Waals surface area (Å²) in [7, 11) is -3.99. The maximum absolute atomic E-state index is 12.7. The number of nitrogens with zero attached hydrogens (tertiary/aromatic N) is 3. The van der Waals surface area contributed by atoms with Crippen LogP contribution in [0.4, 0.5) is 0 Å². The summed E-state index contributed by atoms with van der Waals surface area (Å²) in [5.41, 5.74) is 3.27. The number of hydrogen-bond acceptors (Lipinski definition) is 6. The zero-order chi connectivity index (χ0) is 24.8. The fourth-order valence-corrected chi connectivity index (χ4v) is 4.22. The number of sulfonamides is 1. The van der Waals surface area contributed by atoms with E-state index in [0.29, 0.717) is 11.3 Å².